The van der Waals surface area contributed by atoms with E-state index in [0.29, 0.717) is 11.2 Å². The van der Waals surface area contributed by atoms with Crippen LogP contribution in [0.1, 0.15) is 40.5 Å². The number of aromatic amines is 2. The number of aromatic nitrogens is 4. The first kappa shape index (κ1) is 15.8. The number of pyridine rings is 1. The van der Waals surface area contributed by atoms with Crippen LogP contribution in [-0.4, -0.2) is 25.5 Å². The molecule has 8 heteroatoms. The summed E-state index contributed by atoms with van der Waals surface area (Å²) in [5.41, 5.74) is 3.29. The van der Waals surface area contributed by atoms with Gasteiger partial charge in [0, 0.05) is 22.8 Å². The molecule has 1 atom stereocenters. The molecule has 0 fully saturated rings. The van der Waals surface area contributed by atoms with E-state index in [0.717, 1.165) is 41.4 Å². The topological polar surface area (TPSA) is 95.0 Å². The Balaban J connectivity index is 1.49. The summed E-state index contributed by atoms with van der Waals surface area (Å²) in [4.78, 5) is 27.8. The van der Waals surface area contributed by atoms with Gasteiger partial charge in [0.05, 0.1) is 11.6 Å². The van der Waals surface area contributed by atoms with Gasteiger partial charge in [0.1, 0.15) is 5.82 Å². The molecule has 0 radical (unpaired) electrons. The quantitative estimate of drug-likeness (QED) is 0.509. The number of benzene rings is 1. The lowest BCUT2D eigenvalue weighted by molar-refractivity contribution is 0.0931. The Bertz CT molecular complexity index is 1250. The van der Waals surface area contributed by atoms with Crippen molar-refractivity contribution in [3.8, 4) is 0 Å². The number of H-pyrrole nitrogens is 2. The molecule has 3 N–H and O–H groups in total. The van der Waals surface area contributed by atoms with Crippen LogP contribution < -0.4 is 11.0 Å². The molecule has 1 aliphatic rings. The van der Waals surface area contributed by atoms with E-state index in [4.69, 9.17) is 0 Å². The van der Waals surface area contributed by atoms with Crippen LogP contribution in [0.15, 0.2) is 41.3 Å². The molecule has 0 unspecified atom stereocenters. The van der Waals surface area contributed by atoms with E-state index in [2.05, 4.69) is 20.5 Å². The highest BCUT2D eigenvalue weighted by Crippen LogP contribution is 2.35. The van der Waals surface area contributed by atoms with Gasteiger partial charge in [-0.15, -0.1) is 0 Å². The molecule has 1 aliphatic carbocycles. The maximum atomic E-state index is 13.6. The van der Waals surface area contributed by atoms with Gasteiger partial charge < -0.3 is 10.3 Å². The fourth-order valence-corrected chi connectivity index (χ4v) is 3.86. The highest BCUT2D eigenvalue weighted by Gasteiger charge is 2.26. The number of nitrogens with one attached hydrogen (secondary N) is 3. The van der Waals surface area contributed by atoms with E-state index in [1.54, 1.807) is 18.2 Å². The van der Waals surface area contributed by atoms with Crippen molar-refractivity contribution in [2.45, 2.75) is 25.3 Å². The van der Waals surface area contributed by atoms with Crippen molar-refractivity contribution in [2.24, 2.45) is 0 Å². The second-order valence-corrected chi connectivity index (χ2v) is 6.80. The Labute approximate surface area is 152 Å². The maximum absolute atomic E-state index is 13.6. The summed E-state index contributed by atoms with van der Waals surface area (Å²) in [6, 6.07) is 7.75. The molecule has 136 valence electrons. The largest absolute Gasteiger partial charge is 0.356 e. The van der Waals surface area contributed by atoms with Crippen LogP contribution in [0.25, 0.3) is 16.6 Å². The third kappa shape index (κ3) is 2.52. The highest BCUT2D eigenvalue weighted by atomic mass is 19.1. The van der Waals surface area contributed by atoms with Gasteiger partial charge in [-0.25, -0.2) is 18.7 Å². The average Bonchev–Trinajstić information content (AvgIpc) is 3.23. The van der Waals surface area contributed by atoms with Crippen LogP contribution in [0.3, 0.4) is 0 Å². The molecule has 1 amide bonds. The minimum atomic E-state index is -0.391. The minimum Gasteiger partial charge on any atom is -0.356 e. The summed E-state index contributed by atoms with van der Waals surface area (Å²) in [5.74, 6) is -0.540. The molecular formula is C19H16FN5O2. The summed E-state index contributed by atoms with van der Waals surface area (Å²) >= 11 is 0. The van der Waals surface area contributed by atoms with Gasteiger partial charge in [-0.1, -0.05) is 0 Å². The second kappa shape index (κ2) is 5.80. The number of fused-ring (bicyclic) bond motifs is 4. The standard InChI is InChI=1S/C19H16FN5O2/c20-11-5-6-14-13(8-11)12-2-1-3-15(17(12)21-14)22-18(26)10-4-7-16-23-24-19(27)25(16)9-10/h4-9,15,21H,1-3H2,(H,22,26)(H,24,27)/t15-/m0/s1. The normalized spacial score (nSPS) is 16.6. The molecule has 0 spiro atoms. The first-order valence-corrected chi connectivity index (χ1v) is 8.78. The molecule has 4 aromatic rings. The molecule has 0 bridgehead atoms. The van der Waals surface area contributed by atoms with Crippen molar-refractivity contribution in [3.05, 3.63) is 69.7 Å². The summed E-state index contributed by atoms with van der Waals surface area (Å²) in [6.45, 7) is 0. The summed E-state index contributed by atoms with van der Waals surface area (Å²) in [6.07, 6.45) is 4.02. The average molecular weight is 365 g/mol. The van der Waals surface area contributed by atoms with E-state index in [9.17, 15) is 14.0 Å². The fraction of sp³-hybridized carbons (Fsp3) is 0.211. The Hall–Kier alpha value is -3.42. The molecule has 3 heterocycles. The zero-order valence-corrected chi connectivity index (χ0v) is 14.3. The molecule has 3 aromatic heterocycles. The third-order valence-corrected chi connectivity index (χ3v) is 5.15. The predicted molar refractivity (Wildman–Crippen MR) is 97.2 cm³/mol. The Morgan fingerprint density at radius 3 is 3.07 bits per heavy atom. The molecule has 1 aromatic carbocycles. The Morgan fingerprint density at radius 1 is 1.30 bits per heavy atom. The zero-order valence-electron chi connectivity index (χ0n) is 14.3. The van der Waals surface area contributed by atoms with Crippen LogP contribution in [0.5, 0.6) is 0 Å². The van der Waals surface area contributed by atoms with Gasteiger partial charge in [-0.3, -0.25) is 4.79 Å². The zero-order chi connectivity index (χ0) is 18.5. The van der Waals surface area contributed by atoms with Crippen molar-refractivity contribution in [2.75, 3.05) is 0 Å². The summed E-state index contributed by atoms with van der Waals surface area (Å²) in [5, 5.41) is 10.1. The molecule has 0 aliphatic heterocycles. The van der Waals surface area contributed by atoms with Crippen molar-refractivity contribution < 1.29 is 9.18 Å². The van der Waals surface area contributed by atoms with Crippen molar-refractivity contribution in [3.63, 3.8) is 0 Å². The van der Waals surface area contributed by atoms with Crippen LogP contribution in [0.2, 0.25) is 0 Å². The summed E-state index contributed by atoms with van der Waals surface area (Å²) in [7, 11) is 0. The van der Waals surface area contributed by atoms with Crippen molar-refractivity contribution >= 4 is 22.5 Å². The van der Waals surface area contributed by atoms with Gasteiger partial charge in [0.2, 0.25) is 0 Å². The molecule has 27 heavy (non-hydrogen) atoms. The lowest BCUT2D eigenvalue weighted by Crippen LogP contribution is -2.31. The maximum Gasteiger partial charge on any atom is 0.347 e. The van der Waals surface area contributed by atoms with Crippen LogP contribution in [0, 0.1) is 5.82 Å². The minimum absolute atomic E-state index is 0.187. The third-order valence-electron chi connectivity index (χ3n) is 5.15. The number of aryl methyl sites for hydroxylation is 1. The first-order chi connectivity index (χ1) is 13.1. The fourth-order valence-electron chi connectivity index (χ4n) is 3.86. The van der Waals surface area contributed by atoms with E-state index in [1.165, 1.54) is 22.7 Å². The number of hydrogen-bond acceptors (Lipinski definition) is 3. The molecule has 0 saturated carbocycles. The number of halogens is 1. The lowest BCUT2D eigenvalue weighted by atomic mass is 9.91. The smallest absolute Gasteiger partial charge is 0.347 e. The van der Waals surface area contributed by atoms with Crippen LogP contribution in [0.4, 0.5) is 4.39 Å². The van der Waals surface area contributed by atoms with E-state index in [1.807, 2.05) is 0 Å². The summed E-state index contributed by atoms with van der Waals surface area (Å²) < 4.78 is 14.9. The van der Waals surface area contributed by atoms with Gasteiger partial charge in [0.25, 0.3) is 5.91 Å². The van der Waals surface area contributed by atoms with Gasteiger partial charge in [-0.2, -0.15) is 5.10 Å². The SMILES string of the molecule is O=C(N[C@H]1CCCc2c1[nH]c1ccc(F)cc21)c1ccc2n[nH]c(=O)n2c1. The molecular weight excluding hydrogens is 349 g/mol. The number of carbonyl (C=O) groups is 1. The van der Waals surface area contributed by atoms with Crippen molar-refractivity contribution in [1.29, 1.82) is 0 Å². The monoisotopic (exact) mass is 365 g/mol. The number of amides is 1. The van der Waals surface area contributed by atoms with Gasteiger partial charge in [0.15, 0.2) is 5.65 Å². The van der Waals surface area contributed by atoms with Crippen LogP contribution >= 0.6 is 0 Å². The van der Waals surface area contributed by atoms with E-state index >= 15 is 0 Å². The van der Waals surface area contributed by atoms with E-state index in [-0.39, 0.29) is 17.8 Å². The highest BCUT2D eigenvalue weighted by molar-refractivity contribution is 5.94. The first-order valence-electron chi connectivity index (χ1n) is 8.78. The Morgan fingerprint density at radius 2 is 2.19 bits per heavy atom. The van der Waals surface area contributed by atoms with E-state index < -0.39 is 5.69 Å². The Kier molecular flexibility index (Phi) is 3.40. The number of rotatable bonds is 2. The number of nitrogens with zero attached hydrogens (tertiary/aromatic N) is 2. The lowest BCUT2D eigenvalue weighted by Gasteiger charge is -2.24. The van der Waals surface area contributed by atoms with Crippen molar-refractivity contribution in [1.82, 2.24) is 24.9 Å². The molecule has 5 rings (SSSR count). The number of carbonyl (C=O) groups excluding carboxylic acids is 1. The molecule has 0 saturated heterocycles. The van der Waals surface area contributed by atoms with Gasteiger partial charge >= 0.3 is 5.69 Å². The predicted octanol–water partition coefficient (Wildman–Crippen LogP) is 2.45. The van der Waals surface area contributed by atoms with Gasteiger partial charge in [-0.05, 0) is 55.2 Å². The second-order valence-electron chi connectivity index (χ2n) is 6.80. The number of hydrogen-bond donors (Lipinski definition) is 3. The van der Waals surface area contributed by atoms with Crippen LogP contribution in [-0.2, 0) is 6.42 Å². The molecule has 7 nitrogen and oxygen atoms in total.